The number of aromatic nitrogens is 2. The van der Waals surface area contributed by atoms with Crippen molar-refractivity contribution in [2.75, 3.05) is 0 Å². The molecular formula is C7H4Cl2N2O. The van der Waals surface area contributed by atoms with Crippen LogP contribution in [0.5, 0.6) is 5.75 Å². The second kappa shape index (κ2) is 2.54. The minimum atomic E-state index is 0.00691. The Bertz CT molecular complexity index is 438. The van der Waals surface area contributed by atoms with E-state index in [1.807, 2.05) is 0 Å². The van der Waals surface area contributed by atoms with Crippen molar-refractivity contribution >= 4 is 34.1 Å². The highest BCUT2D eigenvalue weighted by atomic mass is 35.5. The van der Waals surface area contributed by atoms with Crippen LogP contribution in [0, 0.1) is 0 Å². The fourth-order valence-electron chi connectivity index (χ4n) is 1.02. The van der Waals surface area contributed by atoms with Gasteiger partial charge in [0.15, 0.2) is 0 Å². The highest BCUT2D eigenvalue weighted by molar-refractivity contribution is 6.42. The molecule has 12 heavy (non-hydrogen) atoms. The smallest absolute Gasteiger partial charge is 0.135 e. The van der Waals surface area contributed by atoms with E-state index in [2.05, 4.69) is 10.2 Å². The van der Waals surface area contributed by atoms with Crippen LogP contribution in [0.4, 0.5) is 0 Å². The van der Waals surface area contributed by atoms with E-state index >= 15 is 0 Å². The Kier molecular flexibility index (Phi) is 1.63. The first-order chi connectivity index (χ1) is 5.70. The number of nitrogens with zero attached hydrogens (tertiary/aromatic N) is 1. The van der Waals surface area contributed by atoms with Crippen molar-refractivity contribution in [3.8, 4) is 5.75 Å². The van der Waals surface area contributed by atoms with Gasteiger partial charge in [0, 0.05) is 0 Å². The summed E-state index contributed by atoms with van der Waals surface area (Å²) in [5.74, 6) is 0.00691. The fraction of sp³-hybridized carbons (Fsp3) is 0. The molecule has 0 unspecified atom stereocenters. The van der Waals surface area contributed by atoms with Gasteiger partial charge in [-0.3, -0.25) is 5.10 Å². The first kappa shape index (κ1) is 7.71. The summed E-state index contributed by atoms with van der Waals surface area (Å²) in [4.78, 5) is 0. The highest BCUT2D eigenvalue weighted by Gasteiger charge is 2.10. The number of halogens is 2. The van der Waals surface area contributed by atoms with Crippen molar-refractivity contribution in [1.29, 1.82) is 0 Å². The van der Waals surface area contributed by atoms with E-state index < -0.39 is 0 Å². The van der Waals surface area contributed by atoms with Crippen LogP contribution in [0.1, 0.15) is 0 Å². The molecule has 1 aromatic heterocycles. The molecule has 0 bridgehead atoms. The van der Waals surface area contributed by atoms with E-state index in [0.29, 0.717) is 16.1 Å². The van der Waals surface area contributed by atoms with Crippen LogP contribution in [0.3, 0.4) is 0 Å². The van der Waals surface area contributed by atoms with E-state index in [1.165, 1.54) is 6.07 Å². The third-order valence-corrected chi connectivity index (χ3v) is 2.25. The van der Waals surface area contributed by atoms with Crippen LogP contribution in [0.2, 0.25) is 10.2 Å². The molecule has 0 radical (unpaired) electrons. The van der Waals surface area contributed by atoms with E-state index in [9.17, 15) is 5.11 Å². The Morgan fingerprint density at radius 3 is 2.83 bits per heavy atom. The zero-order valence-electron chi connectivity index (χ0n) is 5.81. The van der Waals surface area contributed by atoms with Crippen LogP contribution in [-0.4, -0.2) is 15.3 Å². The van der Waals surface area contributed by atoms with Crippen molar-refractivity contribution in [3.05, 3.63) is 22.3 Å². The van der Waals surface area contributed by atoms with Gasteiger partial charge in [0.1, 0.15) is 10.9 Å². The van der Waals surface area contributed by atoms with Crippen molar-refractivity contribution in [2.45, 2.75) is 0 Å². The molecule has 0 aliphatic rings. The molecule has 0 fully saturated rings. The number of aromatic amines is 1. The van der Waals surface area contributed by atoms with Gasteiger partial charge >= 0.3 is 0 Å². The Morgan fingerprint density at radius 1 is 1.33 bits per heavy atom. The van der Waals surface area contributed by atoms with Crippen molar-refractivity contribution < 1.29 is 5.11 Å². The predicted molar refractivity (Wildman–Crippen MR) is 47.8 cm³/mol. The molecule has 5 heteroatoms. The number of nitrogens with one attached hydrogen (secondary N) is 1. The Morgan fingerprint density at radius 2 is 2.08 bits per heavy atom. The minimum absolute atomic E-state index is 0.00691. The Balaban J connectivity index is 2.96. The summed E-state index contributed by atoms with van der Waals surface area (Å²) in [6.07, 6.45) is 0. The van der Waals surface area contributed by atoms with Crippen LogP contribution in [0.25, 0.3) is 10.9 Å². The summed E-state index contributed by atoms with van der Waals surface area (Å²) >= 11 is 11.5. The first-order valence-electron chi connectivity index (χ1n) is 3.21. The summed E-state index contributed by atoms with van der Waals surface area (Å²) < 4.78 is 0. The number of hydrogen-bond donors (Lipinski definition) is 2. The number of fused-ring (bicyclic) bond motifs is 1. The van der Waals surface area contributed by atoms with E-state index in [4.69, 9.17) is 23.2 Å². The summed E-state index contributed by atoms with van der Waals surface area (Å²) in [6.45, 7) is 0. The molecule has 0 aliphatic heterocycles. The summed E-state index contributed by atoms with van der Waals surface area (Å²) in [5.41, 5.74) is 0.641. The van der Waals surface area contributed by atoms with Gasteiger partial charge in [-0.1, -0.05) is 23.2 Å². The van der Waals surface area contributed by atoms with Crippen molar-refractivity contribution in [1.82, 2.24) is 10.2 Å². The third-order valence-electron chi connectivity index (χ3n) is 1.59. The molecular weight excluding hydrogens is 199 g/mol. The molecule has 3 nitrogen and oxygen atoms in total. The molecule has 2 rings (SSSR count). The van der Waals surface area contributed by atoms with Crippen LogP contribution >= 0.6 is 23.2 Å². The maximum Gasteiger partial charge on any atom is 0.135 e. The maximum atomic E-state index is 9.23. The molecule has 2 aromatic rings. The Labute approximate surface area is 77.9 Å². The molecule has 0 aliphatic carbocycles. The molecule has 0 atom stereocenters. The normalized spacial score (nSPS) is 10.8. The average molecular weight is 203 g/mol. The summed E-state index contributed by atoms with van der Waals surface area (Å²) in [6, 6.07) is 3.11. The largest absolute Gasteiger partial charge is 0.506 e. The molecule has 0 saturated heterocycles. The quantitative estimate of drug-likeness (QED) is 0.691. The lowest BCUT2D eigenvalue weighted by Crippen LogP contribution is -1.71. The first-order valence-corrected chi connectivity index (χ1v) is 3.97. The standard InChI is InChI=1S/C7H4Cl2N2O/c8-6-4(12)2-1-3-5(6)7(9)11-10-3/h1-2,12H,(H,10,11). The van der Waals surface area contributed by atoms with Crippen LogP contribution in [0.15, 0.2) is 12.1 Å². The number of H-pyrrole nitrogens is 1. The van der Waals surface area contributed by atoms with Gasteiger partial charge < -0.3 is 5.11 Å². The van der Waals surface area contributed by atoms with Crippen LogP contribution in [-0.2, 0) is 0 Å². The second-order valence-electron chi connectivity index (χ2n) is 2.33. The molecule has 0 saturated carbocycles. The zero-order valence-corrected chi connectivity index (χ0v) is 7.32. The van der Waals surface area contributed by atoms with Gasteiger partial charge in [-0.2, -0.15) is 5.10 Å². The second-order valence-corrected chi connectivity index (χ2v) is 3.09. The Hall–Kier alpha value is -0.930. The lowest BCUT2D eigenvalue weighted by atomic mass is 10.2. The van der Waals surface area contributed by atoms with Crippen LogP contribution < -0.4 is 0 Å². The zero-order chi connectivity index (χ0) is 8.72. The number of hydrogen-bond acceptors (Lipinski definition) is 2. The molecule has 0 amide bonds. The minimum Gasteiger partial charge on any atom is -0.506 e. The molecule has 0 spiro atoms. The maximum absolute atomic E-state index is 9.23. The van der Waals surface area contributed by atoms with Crippen molar-refractivity contribution in [2.24, 2.45) is 0 Å². The van der Waals surface area contributed by atoms with Gasteiger partial charge in [-0.05, 0) is 12.1 Å². The molecule has 1 aromatic carbocycles. The SMILES string of the molecule is Oc1ccc2n[nH]c(Cl)c2c1Cl. The van der Waals surface area contributed by atoms with Gasteiger partial charge in [-0.25, -0.2) is 0 Å². The molecule has 2 N–H and O–H groups in total. The monoisotopic (exact) mass is 202 g/mol. The predicted octanol–water partition coefficient (Wildman–Crippen LogP) is 2.58. The van der Waals surface area contributed by atoms with Crippen molar-refractivity contribution in [3.63, 3.8) is 0 Å². The number of benzene rings is 1. The van der Waals surface area contributed by atoms with E-state index in [-0.39, 0.29) is 10.8 Å². The summed E-state index contributed by atoms with van der Waals surface area (Å²) in [5, 5.41) is 16.8. The fourth-order valence-corrected chi connectivity index (χ4v) is 1.56. The number of phenolic OH excluding ortho intramolecular Hbond substituents is 1. The van der Waals surface area contributed by atoms with Gasteiger partial charge in [0.05, 0.1) is 15.9 Å². The summed E-state index contributed by atoms with van der Waals surface area (Å²) in [7, 11) is 0. The van der Waals surface area contributed by atoms with Gasteiger partial charge in [-0.15, -0.1) is 0 Å². The van der Waals surface area contributed by atoms with E-state index in [0.717, 1.165) is 0 Å². The van der Waals surface area contributed by atoms with Gasteiger partial charge in [0.2, 0.25) is 0 Å². The molecule has 62 valence electrons. The topological polar surface area (TPSA) is 48.9 Å². The number of rotatable bonds is 0. The molecule has 1 heterocycles. The van der Waals surface area contributed by atoms with Gasteiger partial charge in [0.25, 0.3) is 0 Å². The lowest BCUT2D eigenvalue weighted by Gasteiger charge is -1.95. The number of phenols is 1. The highest BCUT2D eigenvalue weighted by Crippen LogP contribution is 2.34. The van der Waals surface area contributed by atoms with E-state index in [1.54, 1.807) is 6.07 Å². The third kappa shape index (κ3) is 0.940. The lowest BCUT2D eigenvalue weighted by molar-refractivity contribution is 0.476. The number of aromatic hydroxyl groups is 1. The average Bonchev–Trinajstić information content (AvgIpc) is 2.41.